The van der Waals surface area contributed by atoms with Gasteiger partial charge in [-0.15, -0.1) is 0 Å². The first-order chi connectivity index (χ1) is 14.4. The van der Waals surface area contributed by atoms with E-state index < -0.39 is 50.7 Å². The molecule has 1 aromatic rings. The zero-order chi connectivity index (χ0) is 23.3. The average Bonchev–Trinajstić information content (AvgIpc) is 2.71. The molecule has 1 aromatic carbocycles. The summed E-state index contributed by atoms with van der Waals surface area (Å²) < 4.78 is 46.5. The standard InChI is InChI=1S/C20H28FN3O6S/c1-13(2)18(22-31(28,29)17-8-6-5-7-16(17)21)20(27)30-14(3)19(26)24-11-9-23(10-12-24)15(4)25/h5-8,13-14,18,22H,9-12H2,1-4H3/t14?,18-/m0/s1. The largest absolute Gasteiger partial charge is 0.451 e. The molecule has 1 heterocycles. The van der Waals surface area contributed by atoms with E-state index in [1.807, 2.05) is 0 Å². The summed E-state index contributed by atoms with van der Waals surface area (Å²) in [4.78, 5) is 39.2. The van der Waals surface area contributed by atoms with Gasteiger partial charge in [0.05, 0.1) is 0 Å². The third-order valence-corrected chi connectivity index (χ3v) is 6.48. The van der Waals surface area contributed by atoms with E-state index >= 15 is 0 Å². The fourth-order valence-corrected chi connectivity index (χ4v) is 4.56. The second kappa shape index (κ2) is 10.2. The van der Waals surface area contributed by atoms with Crippen LogP contribution in [-0.4, -0.2) is 74.3 Å². The quantitative estimate of drug-likeness (QED) is 0.605. The molecule has 1 aliphatic rings. The van der Waals surface area contributed by atoms with Crippen LogP contribution in [-0.2, 0) is 29.1 Å². The van der Waals surface area contributed by atoms with Gasteiger partial charge in [0.1, 0.15) is 16.8 Å². The zero-order valence-electron chi connectivity index (χ0n) is 18.0. The highest BCUT2D eigenvalue weighted by Crippen LogP contribution is 2.17. The second-order valence-electron chi connectivity index (χ2n) is 7.68. The van der Waals surface area contributed by atoms with Gasteiger partial charge < -0.3 is 14.5 Å². The molecule has 11 heteroatoms. The van der Waals surface area contributed by atoms with Crippen LogP contribution in [0.25, 0.3) is 0 Å². The molecule has 0 aromatic heterocycles. The molecule has 1 unspecified atom stereocenters. The number of nitrogens with one attached hydrogen (secondary N) is 1. The predicted octanol–water partition coefficient (Wildman–Crippen LogP) is 0.751. The maximum atomic E-state index is 13.9. The van der Waals surface area contributed by atoms with Crippen molar-refractivity contribution in [3.63, 3.8) is 0 Å². The monoisotopic (exact) mass is 457 g/mol. The van der Waals surface area contributed by atoms with Crippen LogP contribution in [0, 0.1) is 11.7 Å². The molecule has 2 atom stereocenters. The summed E-state index contributed by atoms with van der Waals surface area (Å²) >= 11 is 0. The minimum Gasteiger partial charge on any atom is -0.451 e. The summed E-state index contributed by atoms with van der Waals surface area (Å²) in [5, 5.41) is 0. The lowest BCUT2D eigenvalue weighted by Crippen LogP contribution is -2.53. The van der Waals surface area contributed by atoms with E-state index in [0.29, 0.717) is 26.2 Å². The molecule has 0 bridgehead atoms. The van der Waals surface area contributed by atoms with E-state index in [1.54, 1.807) is 18.7 Å². The van der Waals surface area contributed by atoms with Crippen molar-refractivity contribution < 1.29 is 31.9 Å². The van der Waals surface area contributed by atoms with Crippen molar-refractivity contribution >= 4 is 27.8 Å². The number of rotatable bonds is 7. The molecular weight excluding hydrogens is 429 g/mol. The number of benzene rings is 1. The van der Waals surface area contributed by atoms with Crippen LogP contribution in [0.15, 0.2) is 29.2 Å². The number of piperazine rings is 1. The molecule has 172 valence electrons. The molecule has 1 aliphatic heterocycles. The molecule has 9 nitrogen and oxygen atoms in total. The Hall–Kier alpha value is -2.53. The van der Waals surface area contributed by atoms with Crippen molar-refractivity contribution in [3.8, 4) is 0 Å². The Morgan fingerprint density at radius 1 is 1.03 bits per heavy atom. The Kier molecular flexibility index (Phi) is 8.13. The first kappa shape index (κ1) is 24.7. The van der Waals surface area contributed by atoms with Crippen molar-refractivity contribution in [1.29, 1.82) is 0 Å². The molecule has 2 amide bonds. The highest BCUT2D eigenvalue weighted by atomic mass is 32.2. The molecule has 2 rings (SSSR count). The maximum Gasteiger partial charge on any atom is 0.325 e. The zero-order valence-corrected chi connectivity index (χ0v) is 18.8. The number of ether oxygens (including phenoxy) is 1. The number of sulfonamides is 1. The van der Waals surface area contributed by atoms with Crippen molar-refractivity contribution in [2.24, 2.45) is 5.92 Å². The highest BCUT2D eigenvalue weighted by Gasteiger charge is 2.34. The van der Waals surface area contributed by atoms with Crippen LogP contribution < -0.4 is 4.72 Å². The van der Waals surface area contributed by atoms with Crippen LogP contribution in [0.2, 0.25) is 0 Å². The number of hydrogen-bond acceptors (Lipinski definition) is 6. The van der Waals surface area contributed by atoms with E-state index in [1.165, 1.54) is 30.9 Å². The number of halogens is 1. The van der Waals surface area contributed by atoms with Crippen LogP contribution in [0.3, 0.4) is 0 Å². The smallest absolute Gasteiger partial charge is 0.325 e. The highest BCUT2D eigenvalue weighted by molar-refractivity contribution is 7.89. The van der Waals surface area contributed by atoms with E-state index in [-0.39, 0.29) is 5.91 Å². The van der Waals surface area contributed by atoms with E-state index in [0.717, 1.165) is 12.1 Å². The van der Waals surface area contributed by atoms with Crippen LogP contribution in [0.5, 0.6) is 0 Å². The maximum absolute atomic E-state index is 13.9. The minimum atomic E-state index is -4.33. The average molecular weight is 458 g/mol. The molecule has 1 N–H and O–H groups in total. The van der Waals surface area contributed by atoms with Gasteiger partial charge in [0.15, 0.2) is 6.10 Å². The van der Waals surface area contributed by atoms with Crippen molar-refractivity contribution in [2.45, 2.75) is 44.7 Å². The first-order valence-electron chi connectivity index (χ1n) is 9.95. The van der Waals surface area contributed by atoms with Crippen LogP contribution >= 0.6 is 0 Å². The Labute approximate surface area is 181 Å². The minimum absolute atomic E-state index is 0.0755. The van der Waals surface area contributed by atoms with Crippen LogP contribution in [0.1, 0.15) is 27.7 Å². The molecule has 1 saturated heterocycles. The first-order valence-corrected chi connectivity index (χ1v) is 11.4. The molecule has 0 saturated carbocycles. The van der Waals surface area contributed by atoms with Crippen LogP contribution in [0.4, 0.5) is 4.39 Å². The SMILES string of the molecule is CC(=O)N1CCN(C(=O)C(C)OC(=O)[C@@H](NS(=O)(=O)c2ccccc2F)C(C)C)CC1. The Balaban J connectivity index is 2.04. The predicted molar refractivity (Wildman–Crippen MR) is 110 cm³/mol. The van der Waals surface area contributed by atoms with Crippen molar-refractivity contribution in [3.05, 3.63) is 30.1 Å². The summed E-state index contributed by atoms with van der Waals surface area (Å²) in [7, 11) is -4.33. The lowest BCUT2D eigenvalue weighted by molar-refractivity contribution is -0.162. The summed E-state index contributed by atoms with van der Waals surface area (Å²) in [5.41, 5.74) is 0. The van der Waals surface area contributed by atoms with Gasteiger partial charge in [-0.2, -0.15) is 4.72 Å². The van der Waals surface area contributed by atoms with Gasteiger partial charge in [0, 0.05) is 33.1 Å². The summed E-state index contributed by atoms with van der Waals surface area (Å²) in [6.07, 6.45) is -1.14. The summed E-state index contributed by atoms with van der Waals surface area (Å²) in [6, 6.07) is 3.50. The number of carbonyl (C=O) groups is 3. The van der Waals surface area contributed by atoms with Gasteiger partial charge in [-0.05, 0) is 25.0 Å². The van der Waals surface area contributed by atoms with Gasteiger partial charge in [-0.1, -0.05) is 26.0 Å². The van der Waals surface area contributed by atoms with Crippen molar-refractivity contribution in [1.82, 2.24) is 14.5 Å². The van der Waals surface area contributed by atoms with Gasteiger partial charge in [0.25, 0.3) is 5.91 Å². The van der Waals surface area contributed by atoms with E-state index in [2.05, 4.69) is 4.72 Å². The fourth-order valence-electron chi connectivity index (χ4n) is 3.15. The Morgan fingerprint density at radius 3 is 2.10 bits per heavy atom. The molecule has 0 radical (unpaired) electrons. The number of amides is 2. The fraction of sp³-hybridized carbons (Fsp3) is 0.550. The molecule has 31 heavy (non-hydrogen) atoms. The lowest BCUT2D eigenvalue weighted by Gasteiger charge is -2.35. The number of esters is 1. The number of hydrogen-bond donors (Lipinski definition) is 1. The Morgan fingerprint density at radius 2 is 1.58 bits per heavy atom. The van der Waals surface area contributed by atoms with Gasteiger partial charge in [-0.25, -0.2) is 12.8 Å². The number of nitrogens with zero attached hydrogens (tertiary/aromatic N) is 2. The number of carbonyl (C=O) groups excluding carboxylic acids is 3. The van der Waals surface area contributed by atoms with E-state index in [9.17, 15) is 27.2 Å². The second-order valence-corrected chi connectivity index (χ2v) is 9.37. The molecule has 0 aliphatic carbocycles. The van der Waals surface area contributed by atoms with Gasteiger partial charge in [0.2, 0.25) is 15.9 Å². The third kappa shape index (κ3) is 6.23. The lowest BCUT2D eigenvalue weighted by atomic mass is 10.1. The third-order valence-electron chi connectivity index (χ3n) is 5.01. The molecule has 1 fully saturated rings. The van der Waals surface area contributed by atoms with Gasteiger partial charge >= 0.3 is 5.97 Å². The van der Waals surface area contributed by atoms with Gasteiger partial charge in [-0.3, -0.25) is 14.4 Å². The summed E-state index contributed by atoms with van der Waals surface area (Å²) in [6.45, 7) is 7.46. The Bertz CT molecular complexity index is 929. The van der Waals surface area contributed by atoms with E-state index in [4.69, 9.17) is 4.74 Å². The molecular formula is C20H28FN3O6S. The topological polar surface area (TPSA) is 113 Å². The summed E-state index contributed by atoms with van der Waals surface area (Å²) in [5.74, 6) is -2.91. The van der Waals surface area contributed by atoms with Crippen molar-refractivity contribution in [2.75, 3.05) is 26.2 Å². The normalized spacial score (nSPS) is 16.7. The molecule has 0 spiro atoms.